The molecule has 2 rings (SSSR count). The van der Waals surface area contributed by atoms with Crippen LogP contribution in [0, 0.1) is 0 Å². The van der Waals surface area contributed by atoms with Crippen LogP contribution in [0.5, 0.6) is 11.5 Å². The van der Waals surface area contributed by atoms with E-state index in [1.807, 2.05) is 20.8 Å². The predicted molar refractivity (Wildman–Crippen MR) is 111 cm³/mol. The lowest BCUT2D eigenvalue weighted by Gasteiger charge is -2.14. The lowest BCUT2D eigenvalue weighted by Crippen LogP contribution is -2.37. The first-order valence-electron chi connectivity index (χ1n) is 10.2. The van der Waals surface area contributed by atoms with Crippen LogP contribution in [0.4, 0.5) is 13.2 Å². The van der Waals surface area contributed by atoms with Gasteiger partial charge in [-0.1, -0.05) is 25.1 Å². The molecular weight excluding hydrogens is 413 g/mol. The second-order valence-electron chi connectivity index (χ2n) is 6.68. The number of nitrogens with one attached hydrogen (secondary N) is 2. The number of aliphatic imine (C=N–C) groups is 1. The molecule has 0 bridgehead atoms. The van der Waals surface area contributed by atoms with Gasteiger partial charge in [0.05, 0.1) is 19.3 Å². The van der Waals surface area contributed by atoms with Gasteiger partial charge in [-0.05, 0) is 31.0 Å². The molecule has 0 atom stereocenters. The van der Waals surface area contributed by atoms with Crippen molar-refractivity contribution in [1.82, 2.24) is 15.8 Å². The quantitative estimate of drug-likeness (QED) is 0.428. The van der Waals surface area contributed by atoms with E-state index < -0.39 is 12.8 Å². The molecule has 1 aromatic heterocycles. The summed E-state index contributed by atoms with van der Waals surface area (Å²) < 4.78 is 52.6. The minimum atomic E-state index is -4.42. The van der Waals surface area contributed by atoms with E-state index >= 15 is 0 Å². The van der Waals surface area contributed by atoms with Crippen LogP contribution in [0.15, 0.2) is 27.7 Å². The van der Waals surface area contributed by atoms with Gasteiger partial charge in [-0.15, -0.1) is 0 Å². The Labute approximate surface area is 180 Å². The fraction of sp³-hybridized carbons (Fsp3) is 0.524. The van der Waals surface area contributed by atoms with E-state index in [-0.39, 0.29) is 11.5 Å². The number of methoxy groups -OCH3 is 1. The monoisotopic (exact) mass is 442 g/mol. The molecule has 0 aliphatic heterocycles. The van der Waals surface area contributed by atoms with Gasteiger partial charge in [-0.25, -0.2) is 4.99 Å². The van der Waals surface area contributed by atoms with Crippen LogP contribution in [-0.4, -0.2) is 37.6 Å². The Hall–Kier alpha value is -2.91. The molecule has 0 aliphatic carbocycles. The Morgan fingerprint density at radius 2 is 1.90 bits per heavy atom. The summed E-state index contributed by atoms with van der Waals surface area (Å²) in [5, 5.41) is 10.6. The first-order valence-corrected chi connectivity index (χ1v) is 10.2. The van der Waals surface area contributed by atoms with Gasteiger partial charge in [0.1, 0.15) is 5.76 Å². The molecule has 0 amide bonds. The lowest BCUT2D eigenvalue weighted by molar-refractivity contribution is -0.153. The number of hydrogen-bond donors (Lipinski definition) is 2. The number of guanidine groups is 1. The van der Waals surface area contributed by atoms with E-state index in [1.165, 1.54) is 13.2 Å². The highest BCUT2D eigenvalue weighted by atomic mass is 19.4. The summed E-state index contributed by atoms with van der Waals surface area (Å²) in [5.74, 6) is 1.70. The van der Waals surface area contributed by atoms with Gasteiger partial charge in [-0.3, -0.25) is 0 Å². The van der Waals surface area contributed by atoms with Gasteiger partial charge in [0.15, 0.2) is 24.1 Å². The van der Waals surface area contributed by atoms with Crippen molar-refractivity contribution in [3.8, 4) is 11.5 Å². The summed E-state index contributed by atoms with van der Waals surface area (Å²) in [6, 6.07) is 4.72. The molecule has 2 N–H and O–H groups in total. The first-order chi connectivity index (χ1) is 14.8. The van der Waals surface area contributed by atoms with Crippen LogP contribution in [0.3, 0.4) is 0 Å². The van der Waals surface area contributed by atoms with Gasteiger partial charge >= 0.3 is 6.18 Å². The lowest BCUT2D eigenvalue weighted by atomic mass is 10.1. The average molecular weight is 442 g/mol. The largest absolute Gasteiger partial charge is 0.493 e. The first kappa shape index (κ1) is 24.4. The minimum absolute atomic E-state index is 0.0317. The minimum Gasteiger partial charge on any atom is -0.493 e. The van der Waals surface area contributed by atoms with Crippen molar-refractivity contribution in [1.29, 1.82) is 0 Å². The highest BCUT2D eigenvalue weighted by Gasteiger charge is 2.29. The molecule has 7 nitrogen and oxygen atoms in total. The maximum Gasteiger partial charge on any atom is 0.422 e. The molecule has 31 heavy (non-hydrogen) atoms. The number of halogens is 3. The molecule has 10 heteroatoms. The molecule has 1 heterocycles. The molecular formula is C21H29F3N4O3. The maximum absolute atomic E-state index is 12.4. The third-order valence-electron chi connectivity index (χ3n) is 4.42. The maximum atomic E-state index is 12.4. The Morgan fingerprint density at radius 1 is 1.13 bits per heavy atom. The Bertz CT molecular complexity index is 845. The normalized spacial score (nSPS) is 12.0. The van der Waals surface area contributed by atoms with Gasteiger partial charge in [0.25, 0.3) is 0 Å². The van der Waals surface area contributed by atoms with Crippen molar-refractivity contribution in [2.75, 3.05) is 20.3 Å². The molecule has 2 aromatic rings. The van der Waals surface area contributed by atoms with Crippen molar-refractivity contribution in [3.05, 3.63) is 40.8 Å². The molecule has 0 radical (unpaired) electrons. The van der Waals surface area contributed by atoms with E-state index in [2.05, 4.69) is 20.8 Å². The Kier molecular flexibility index (Phi) is 9.02. The Balaban J connectivity index is 2.08. The van der Waals surface area contributed by atoms with Crippen LogP contribution in [0.25, 0.3) is 0 Å². The predicted octanol–water partition coefficient (Wildman–Crippen LogP) is 4.00. The number of aryl methyl sites for hydroxylation is 2. The molecule has 1 aromatic carbocycles. The van der Waals surface area contributed by atoms with E-state index in [4.69, 9.17) is 14.0 Å². The number of nitrogens with zero attached hydrogens (tertiary/aromatic N) is 2. The summed E-state index contributed by atoms with van der Waals surface area (Å²) in [6.07, 6.45) is -2.89. The third-order valence-corrected chi connectivity index (χ3v) is 4.42. The molecule has 0 saturated carbocycles. The summed E-state index contributed by atoms with van der Waals surface area (Å²) >= 11 is 0. The van der Waals surface area contributed by atoms with E-state index in [0.717, 1.165) is 35.4 Å². The highest BCUT2D eigenvalue weighted by molar-refractivity contribution is 5.79. The van der Waals surface area contributed by atoms with Crippen molar-refractivity contribution in [2.45, 2.75) is 52.9 Å². The average Bonchev–Trinajstić information content (AvgIpc) is 3.15. The number of hydrogen-bond acceptors (Lipinski definition) is 5. The Morgan fingerprint density at radius 3 is 2.52 bits per heavy atom. The number of aromatic nitrogens is 1. The zero-order valence-electron chi connectivity index (χ0n) is 18.2. The smallest absolute Gasteiger partial charge is 0.422 e. The summed E-state index contributed by atoms with van der Waals surface area (Å²) in [6.45, 7) is 6.11. The second kappa shape index (κ2) is 11.5. The second-order valence-corrected chi connectivity index (χ2v) is 6.68. The number of ether oxygens (including phenoxy) is 2. The molecule has 0 unspecified atom stereocenters. The molecule has 0 fully saturated rings. The number of benzene rings is 1. The SMILES string of the molecule is CCNC(=NCc1ccc(OCC(F)(F)F)c(OC)c1)NCc1c(CC)noc1CC. The highest BCUT2D eigenvalue weighted by Crippen LogP contribution is 2.30. The summed E-state index contributed by atoms with van der Waals surface area (Å²) in [5.41, 5.74) is 2.71. The van der Waals surface area contributed by atoms with E-state index in [1.54, 1.807) is 12.1 Å². The van der Waals surface area contributed by atoms with Crippen LogP contribution >= 0.6 is 0 Å². The van der Waals surface area contributed by atoms with Crippen LogP contribution in [0.1, 0.15) is 43.4 Å². The van der Waals surface area contributed by atoms with Crippen LogP contribution < -0.4 is 20.1 Å². The van der Waals surface area contributed by atoms with Crippen molar-refractivity contribution in [2.24, 2.45) is 4.99 Å². The topological polar surface area (TPSA) is 80.9 Å². The fourth-order valence-electron chi connectivity index (χ4n) is 2.91. The van der Waals surface area contributed by atoms with Crippen molar-refractivity contribution in [3.63, 3.8) is 0 Å². The van der Waals surface area contributed by atoms with Crippen molar-refractivity contribution >= 4 is 5.96 Å². The van der Waals surface area contributed by atoms with Gasteiger partial charge < -0.3 is 24.6 Å². The zero-order valence-corrected chi connectivity index (χ0v) is 18.2. The zero-order chi connectivity index (χ0) is 22.9. The van der Waals surface area contributed by atoms with E-state index in [9.17, 15) is 13.2 Å². The summed E-state index contributed by atoms with van der Waals surface area (Å²) in [7, 11) is 1.38. The fourth-order valence-corrected chi connectivity index (χ4v) is 2.91. The number of rotatable bonds is 10. The summed E-state index contributed by atoms with van der Waals surface area (Å²) in [4.78, 5) is 4.55. The van der Waals surface area contributed by atoms with Crippen molar-refractivity contribution < 1.29 is 27.2 Å². The van der Waals surface area contributed by atoms with Gasteiger partial charge in [-0.2, -0.15) is 13.2 Å². The van der Waals surface area contributed by atoms with Crippen LogP contribution in [0.2, 0.25) is 0 Å². The number of alkyl halides is 3. The van der Waals surface area contributed by atoms with Gasteiger partial charge in [0, 0.05) is 25.1 Å². The third kappa shape index (κ3) is 7.37. The molecule has 172 valence electrons. The van der Waals surface area contributed by atoms with Crippen LogP contribution in [-0.2, 0) is 25.9 Å². The standard InChI is InChI=1S/C21H29F3N4O3/c1-5-16-15(17(6-2)31-28-16)12-27-20(25-7-3)26-11-14-8-9-18(19(10-14)29-4)30-13-21(22,23)24/h8-10H,5-7,11-13H2,1-4H3,(H2,25,26,27). The molecule has 0 aliphatic rings. The van der Waals surface area contributed by atoms with E-state index in [0.29, 0.717) is 25.6 Å². The molecule has 0 saturated heterocycles. The van der Waals surface area contributed by atoms with Gasteiger partial charge in [0.2, 0.25) is 0 Å². The molecule has 0 spiro atoms.